The number of halogens is 2. The van der Waals surface area contributed by atoms with Crippen LogP contribution >= 0.6 is 0 Å². The average Bonchev–Trinajstić information content (AvgIpc) is 2.74. The molecule has 2 aromatic carbocycles. The van der Waals surface area contributed by atoms with E-state index in [9.17, 15) is 9.59 Å². The van der Waals surface area contributed by atoms with Crippen molar-refractivity contribution in [3.05, 3.63) is 71.8 Å². The summed E-state index contributed by atoms with van der Waals surface area (Å²) >= 11 is 0. The monoisotopic (exact) mass is 468 g/mol. The first-order chi connectivity index (χ1) is 14.1. The van der Waals surface area contributed by atoms with Gasteiger partial charge in [0.15, 0.2) is 12.1 Å². The molecule has 8 heteroatoms. The lowest BCUT2D eigenvalue weighted by molar-refractivity contribution is -0.403. The molecule has 0 fully saturated rings. The molecule has 2 rings (SSSR count). The smallest absolute Gasteiger partial charge is 0.278 e. The van der Waals surface area contributed by atoms with Crippen molar-refractivity contribution in [1.29, 1.82) is 0 Å². The molecular formula is C23H34Cl2N4O2. The Morgan fingerprint density at radius 1 is 0.645 bits per heavy atom. The molecular weight excluding hydrogens is 435 g/mol. The second kappa shape index (κ2) is 16.6. The van der Waals surface area contributed by atoms with Gasteiger partial charge in [0.1, 0.15) is 0 Å². The molecule has 0 saturated heterocycles. The van der Waals surface area contributed by atoms with Crippen LogP contribution in [0.25, 0.3) is 0 Å². The highest BCUT2D eigenvalue weighted by Gasteiger charge is 2.18. The van der Waals surface area contributed by atoms with Gasteiger partial charge >= 0.3 is 0 Å². The Labute approximate surface area is 197 Å². The average molecular weight is 469 g/mol. The largest absolute Gasteiger partial charge is 1.00 e. The third-order valence-corrected chi connectivity index (χ3v) is 4.84. The number of nitrogens with one attached hydrogen (secondary N) is 2. The van der Waals surface area contributed by atoms with E-state index >= 15 is 0 Å². The van der Waals surface area contributed by atoms with E-state index in [2.05, 4.69) is 22.1 Å². The first kappa shape index (κ1) is 28.9. The summed E-state index contributed by atoms with van der Waals surface area (Å²) in [6.07, 6.45) is 4.01. The van der Waals surface area contributed by atoms with Crippen LogP contribution in [-0.4, -0.2) is 37.0 Å². The van der Waals surface area contributed by atoms with E-state index in [-0.39, 0.29) is 48.7 Å². The number of unbranched alkanes of at least 4 members (excludes halogenated alkanes) is 2. The summed E-state index contributed by atoms with van der Waals surface area (Å²) in [4.78, 5) is 24.2. The van der Waals surface area contributed by atoms with Gasteiger partial charge in [-0.1, -0.05) is 60.7 Å². The van der Waals surface area contributed by atoms with Gasteiger partial charge in [-0.25, -0.2) is 0 Å². The maximum atomic E-state index is 12.1. The lowest BCUT2D eigenvalue weighted by Crippen LogP contribution is -3.00. The second-order valence-electron chi connectivity index (χ2n) is 7.42. The van der Waals surface area contributed by atoms with Crippen molar-refractivity contribution >= 4 is 11.8 Å². The van der Waals surface area contributed by atoms with Gasteiger partial charge in [-0.05, 0) is 30.4 Å². The predicted octanol–water partition coefficient (Wildman–Crippen LogP) is -5.90. The number of carbonyl (C=O) groups excluding carboxylic acids is 2. The number of hydrogen-bond acceptors (Lipinski definition) is 2. The van der Waals surface area contributed by atoms with Gasteiger partial charge in [0.25, 0.3) is 11.8 Å². The summed E-state index contributed by atoms with van der Waals surface area (Å²) in [5.41, 5.74) is 10.2. The molecule has 0 heterocycles. The van der Waals surface area contributed by atoms with Crippen LogP contribution in [0.5, 0.6) is 0 Å². The summed E-state index contributed by atoms with van der Waals surface area (Å²) in [5, 5.41) is 5.90. The quantitative estimate of drug-likeness (QED) is 0.232. The number of quaternary nitrogens is 2. The fourth-order valence-electron chi connectivity index (χ4n) is 3.12. The summed E-state index contributed by atoms with van der Waals surface area (Å²) in [6.45, 7) is 1.28. The van der Waals surface area contributed by atoms with Gasteiger partial charge in [-0.3, -0.25) is 9.59 Å². The van der Waals surface area contributed by atoms with Crippen molar-refractivity contribution in [1.82, 2.24) is 10.6 Å². The minimum atomic E-state index is -0.282. The number of rotatable bonds is 12. The number of amides is 2. The van der Waals surface area contributed by atoms with Crippen LogP contribution in [0, 0.1) is 0 Å². The molecule has 31 heavy (non-hydrogen) atoms. The van der Waals surface area contributed by atoms with E-state index in [0.717, 1.165) is 30.4 Å². The van der Waals surface area contributed by atoms with Crippen molar-refractivity contribution in [3.63, 3.8) is 0 Å². The van der Waals surface area contributed by atoms with E-state index in [1.807, 2.05) is 60.7 Å². The zero-order chi connectivity index (χ0) is 20.9. The molecule has 0 aliphatic heterocycles. The molecule has 0 aliphatic carbocycles. The van der Waals surface area contributed by atoms with E-state index in [1.54, 1.807) is 0 Å². The molecule has 2 atom stereocenters. The van der Waals surface area contributed by atoms with Crippen molar-refractivity contribution in [2.45, 2.75) is 44.2 Å². The van der Waals surface area contributed by atoms with Gasteiger partial charge in [0, 0.05) is 25.9 Å². The summed E-state index contributed by atoms with van der Waals surface area (Å²) < 4.78 is 0. The summed E-state index contributed by atoms with van der Waals surface area (Å²) in [5.74, 6) is -0.0223. The van der Waals surface area contributed by atoms with Gasteiger partial charge in [0.05, 0.1) is 0 Å². The number of hydrogen-bond donors (Lipinski definition) is 4. The minimum Gasteiger partial charge on any atom is -1.00 e. The van der Waals surface area contributed by atoms with Gasteiger partial charge in [-0.2, -0.15) is 0 Å². The maximum absolute atomic E-state index is 12.1. The second-order valence-corrected chi connectivity index (χ2v) is 7.42. The molecule has 0 saturated carbocycles. The molecule has 2 amide bonds. The standard InChI is InChI=1S/C23H32N4O2.2ClH/c24-20(16-18-10-4-1-5-11-18)22(28)26-14-8-3-9-15-27-23(29)21(25)17-19-12-6-2-7-13-19;;/h1-2,4-7,10-13,20-21H,3,8-9,14-17,24-25H2,(H,26,28)(H,27,29);2*1H/t20-,21-;;/m0../s1. The Kier molecular flexibility index (Phi) is 15.4. The fourth-order valence-corrected chi connectivity index (χ4v) is 3.12. The normalized spacial score (nSPS) is 11.9. The van der Waals surface area contributed by atoms with Crippen LogP contribution in [0.15, 0.2) is 60.7 Å². The van der Waals surface area contributed by atoms with Crippen molar-refractivity contribution in [2.24, 2.45) is 0 Å². The molecule has 172 valence electrons. The molecule has 0 aliphatic rings. The van der Waals surface area contributed by atoms with Gasteiger partial charge in [0.2, 0.25) is 0 Å². The first-order valence-corrected chi connectivity index (χ1v) is 10.4. The molecule has 6 nitrogen and oxygen atoms in total. The fraction of sp³-hybridized carbons (Fsp3) is 0.391. The molecule has 2 aromatic rings. The van der Waals surface area contributed by atoms with Crippen LogP contribution < -0.4 is 46.9 Å². The maximum Gasteiger partial charge on any atom is 0.278 e. The van der Waals surface area contributed by atoms with Gasteiger partial charge < -0.3 is 46.9 Å². The van der Waals surface area contributed by atoms with Crippen LogP contribution in [0.3, 0.4) is 0 Å². The molecule has 0 unspecified atom stereocenters. The van der Waals surface area contributed by atoms with E-state index in [1.165, 1.54) is 0 Å². The molecule has 8 N–H and O–H groups in total. The zero-order valence-corrected chi connectivity index (χ0v) is 19.4. The SMILES string of the molecule is [Cl-].[Cl-].[NH3+][C@@H](Cc1ccccc1)C(=O)NCCCCCNC(=O)[C@@H]([NH3+])Cc1ccccc1. The van der Waals surface area contributed by atoms with Gasteiger partial charge in [-0.15, -0.1) is 0 Å². The number of carbonyl (C=O) groups is 2. The van der Waals surface area contributed by atoms with Crippen LogP contribution in [0.4, 0.5) is 0 Å². The molecule has 0 radical (unpaired) electrons. The van der Waals surface area contributed by atoms with E-state index in [0.29, 0.717) is 25.9 Å². The lowest BCUT2D eigenvalue weighted by atomic mass is 10.1. The summed E-state index contributed by atoms with van der Waals surface area (Å²) in [6, 6.07) is 19.3. The molecule has 0 bridgehead atoms. The Morgan fingerprint density at radius 2 is 1.00 bits per heavy atom. The first-order valence-electron chi connectivity index (χ1n) is 10.4. The van der Waals surface area contributed by atoms with Crippen LogP contribution in [0.2, 0.25) is 0 Å². The zero-order valence-electron chi connectivity index (χ0n) is 17.9. The Bertz CT molecular complexity index is 684. The van der Waals surface area contributed by atoms with Crippen molar-refractivity contribution in [3.8, 4) is 0 Å². The Morgan fingerprint density at radius 3 is 1.35 bits per heavy atom. The highest BCUT2D eigenvalue weighted by atomic mass is 35.5. The third kappa shape index (κ3) is 11.7. The van der Waals surface area contributed by atoms with Crippen LogP contribution in [-0.2, 0) is 22.4 Å². The topological polar surface area (TPSA) is 113 Å². The summed E-state index contributed by atoms with van der Waals surface area (Å²) in [7, 11) is 0. The van der Waals surface area contributed by atoms with Crippen molar-refractivity contribution < 1.29 is 45.9 Å². The molecule has 0 aromatic heterocycles. The highest BCUT2D eigenvalue weighted by molar-refractivity contribution is 5.80. The van der Waals surface area contributed by atoms with E-state index in [4.69, 9.17) is 0 Å². The lowest BCUT2D eigenvalue weighted by Gasteiger charge is -2.11. The predicted molar refractivity (Wildman–Crippen MR) is 114 cm³/mol. The number of benzene rings is 2. The van der Waals surface area contributed by atoms with Crippen molar-refractivity contribution in [2.75, 3.05) is 13.1 Å². The Hall–Kier alpha value is -2.12. The Balaban J connectivity index is 0.00000450. The minimum absolute atomic E-state index is 0. The van der Waals surface area contributed by atoms with E-state index < -0.39 is 0 Å². The third-order valence-electron chi connectivity index (χ3n) is 4.84. The van der Waals surface area contributed by atoms with Crippen LogP contribution in [0.1, 0.15) is 30.4 Å². The molecule has 0 spiro atoms. The highest BCUT2D eigenvalue weighted by Crippen LogP contribution is 2.02.